The van der Waals surface area contributed by atoms with Gasteiger partial charge in [0.2, 0.25) is 0 Å². The Morgan fingerprint density at radius 3 is 2.71 bits per heavy atom. The number of carbonyl (C=O) groups excluding carboxylic acids is 1. The van der Waals surface area contributed by atoms with Gasteiger partial charge in [-0.15, -0.1) is 0 Å². The van der Waals surface area contributed by atoms with Crippen LogP contribution in [0.1, 0.15) is 30.0 Å². The van der Waals surface area contributed by atoms with E-state index in [4.69, 9.17) is 22.2 Å². The number of amidine groups is 1. The number of nitrogens with two attached hydrogens (primary N) is 3. The molecule has 0 spiro atoms. The van der Waals surface area contributed by atoms with Crippen molar-refractivity contribution in [1.29, 1.82) is 0 Å². The normalized spacial score (nSPS) is 18.7. The summed E-state index contributed by atoms with van der Waals surface area (Å²) in [5.41, 5.74) is 8.41. The standard InChI is InChI=1S/C23H23F2N7O2/c24-17-3-1-2-4-19(20(17)25)32(28)22(31-27)16-11-15(12-29-21(16)26)13-5-7-14(8-6-13)18-9-10-34-23(33)30-18/h1-2,4-8,11-12,18H,3,9-10,27-28H2,(H2,26,29)(H,30,33)/b31-22-. The number of rotatable bonds is 4. The van der Waals surface area contributed by atoms with Gasteiger partial charge in [-0.2, -0.15) is 5.10 Å². The van der Waals surface area contributed by atoms with Gasteiger partial charge in [0.1, 0.15) is 11.6 Å². The highest BCUT2D eigenvalue weighted by Gasteiger charge is 2.24. The molecule has 1 unspecified atom stereocenters. The molecule has 11 heteroatoms. The number of hydrogen-bond donors (Lipinski definition) is 4. The zero-order valence-corrected chi connectivity index (χ0v) is 18.0. The fraction of sp³-hybridized carbons (Fsp3) is 0.174. The molecule has 9 nitrogen and oxygen atoms in total. The van der Waals surface area contributed by atoms with Crippen LogP contribution >= 0.6 is 0 Å². The molecular formula is C23H23F2N7O2. The molecule has 2 aliphatic rings. The molecule has 1 atom stereocenters. The number of aromatic nitrogens is 1. The molecule has 1 fully saturated rings. The summed E-state index contributed by atoms with van der Waals surface area (Å²) in [5, 5.41) is 7.28. The lowest BCUT2D eigenvalue weighted by Crippen LogP contribution is -2.39. The summed E-state index contributed by atoms with van der Waals surface area (Å²) in [5.74, 6) is 9.52. The summed E-state index contributed by atoms with van der Waals surface area (Å²) < 4.78 is 33.4. The molecule has 0 radical (unpaired) electrons. The molecule has 1 saturated heterocycles. The lowest BCUT2D eigenvalue weighted by Gasteiger charge is -2.24. The van der Waals surface area contributed by atoms with Gasteiger partial charge in [0.25, 0.3) is 0 Å². The summed E-state index contributed by atoms with van der Waals surface area (Å²) in [7, 11) is 0. The van der Waals surface area contributed by atoms with E-state index in [1.54, 1.807) is 12.3 Å². The first-order chi connectivity index (χ1) is 16.4. The maximum absolute atomic E-state index is 14.5. The Bertz CT molecular complexity index is 1220. The summed E-state index contributed by atoms with van der Waals surface area (Å²) in [6.07, 6.45) is 5.84. The van der Waals surface area contributed by atoms with Crippen LogP contribution in [0, 0.1) is 0 Å². The average molecular weight is 467 g/mol. The van der Waals surface area contributed by atoms with E-state index in [9.17, 15) is 13.6 Å². The van der Waals surface area contributed by atoms with Crippen LogP contribution in [0.4, 0.5) is 19.4 Å². The minimum Gasteiger partial charge on any atom is -0.449 e. The Morgan fingerprint density at radius 1 is 1.24 bits per heavy atom. The number of pyridine rings is 1. The minimum absolute atomic E-state index is 0.0551. The third kappa shape index (κ3) is 4.59. The molecule has 2 aromatic rings. The monoisotopic (exact) mass is 467 g/mol. The number of allylic oxidation sites excluding steroid dienone is 5. The van der Waals surface area contributed by atoms with Gasteiger partial charge in [-0.1, -0.05) is 36.4 Å². The van der Waals surface area contributed by atoms with Crippen molar-refractivity contribution < 1.29 is 18.3 Å². The summed E-state index contributed by atoms with van der Waals surface area (Å²) in [6, 6.07) is 9.03. The van der Waals surface area contributed by atoms with Crippen molar-refractivity contribution in [1.82, 2.24) is 15.3 Å². The van der Waals surface area contributed by atoms with Crippen LogP contribution in [0.5, 0.6) is 0 Å². The fourth-order valence-corrected chi connectivity index (χ4v) is 3.69. The van der Waals surface area contributed by atoms with E-state index < -0.39 is 17.7 Å². The van der Waals surface area contributed by atoms with Crippen LogP contribution in [-0.2, 0) is 4.74 Å². The highest BCUT2D eigenvalue weighted by atomic mass is 19.2. The van der Waals surface area contributed by atoms with Gasteiger partial charge in [-0.05, 0) is 23.3 Å². The predicted molar refractivity (Wildman–Crippen MR) is 124 cm³/mol. The second-order valence-corrected chi connectivity index (χ2v) is 7.63. The van der Waals surface area contributed by atoms with Gasteiger partial charge in [0.15, 0.2) is 11.7 Å². The molecule has 1 aliphatic carbocycles. The molecule has 0 saturated carbocycles. The van der Waals surface area contributed by atoms with Gasteiger partial charge in [0.05, 0.1) is 23.9 Å². The molecule has 7 N–H and O–H groups in total. The minimum atomic E-state index is -1.12. The molecule has 2 heterocycles. The lowest BCUT2D eigenvalue weighted by atomic mass is 9.99. The Hall–Kier alpha value is -4.25. The Kier molecular flexibility index (Phi) is 6.55. The molecule has 0 bridgehead atoms. The van der Waals surface area contributed by atoms with Crippen molar-refractivity contribution in [2.24, 2.45) is 16.8 Å². The van der Waals surface area contributed by atoms with Crippen molar-refractivity contribution in [3.05, 3.63) is 83.2 Å². The average Bonchev–Trinajstić information content (AvgIpc) is 3.01. The van der Waals surface area contributed by atoms with Crippen LogP contribution < -0.4 is 22.7 Å². The highest BCUT2D eigenvalue weighted by molar-refractivity contribution is 6.04. The molecule has 1 aromatic heterocycles. The van der Waals surface area contributed by atoms with Crippen molar-refractivity contribution in [2.45, 2.75) is 18.9 Å². The number of anilines is 1. The second-order valence-electron chi connectivity index (χ2n) is 7.63. The smallest absolute Gasteiger partial charge is 0.407 e. The predicted octanol–water partition coefficient (Wildman–Crippen LogP) is 3.29. The van der Waals surface area contributed by atoms with E-state index in [0.717, 1.165) is 16.1 Å². The number of nitrogens with zero attached hydrogens (tertiary/aromatic N) is 3. The van der Waals surface area contributed by atoms with E-state index in [2.05, 4.69) is 15.4 Å². The third-order valence-corrected chi connectivity index (χ3v) is 5.50. The van der Waals surface area contributed by atoms with E-state index in [1.807, 2.05) is 24.3 Å². The van der Waals surface area contributed by atoms with E-state index in [1.165, 1.54) is 18.2 Å². The quantitative estimate of drug-likeness (QED) is 0.234. The number of hydrazine groups is 1. The maximum atomic E-state index is 14.5. The van der Waals surface area contributed by atoms with Gasteiger partial charge in [0, 0.05) is 24.6 Å². The van der Waals surface area contributed by atoms with Crippen LogP contribution in [0.25, 0.3) is 11.1 Å². The lowest BCUT2D eigenvalue weighted by molar-refractivity contribution is 0.115. The topological polar surface area (TPSA) is 145 Å². The number of halogens is 2. The first-order valence-corrected chi connectivity index (χ1v) is 10.4. The van der Waals surface area contributed by atoms with E-state index in [-0.39, 0.29) is 35.4 Å². The van der Waals surface area contributed by atoms with Crippen molar-refractivity contribution in [3.63, 3.8) is 0 Å². The van der Waals surface area contributed by atoms with Crippen molar-refractivity contribution in [2.75, 3.05) is 12.3 Å². The first kappa shape index (κ1) is 22.9. The maximum Gasteiger partial charge on any atom is 0.407 e. The number of amides is 1. The molecule has 176 valence electrons. The molecule has 1 aromatic carbocycles. The van der Waals surface area contributed by atoms with Crippen molar-refractivity contribution >= 4 is 17.7 Å². The molecule has 4 rings (SSSR count). The number of cyclic esters (lactones) is 1. The summed E-state index contributed by atoms with van der Waals surface area (Å²) in [4.78, 5) is 15.7. The van der Waals surface area contributed by atoms with Gasteiger partial charge in [-0.25, -0.2) is 24.4 Å². The van der Waals surface area contributed by atoms with Crippen LogP contribution in [0.15, 0.2) is 77.2 Å². The number of nitrogen functional groups attached to an aromatic ring is 1. The highest BCUT2D eigenvalue weighted by Crippen LogP contribution is 2.29. The van der Waals surface area contributed by atoms with Crippen LogP contribution in [0.2, 0.25) is 0 Å². The van der Waals surface area contributed by atoms with Gasteiger partial charge >= 0.3 is 6.09 Å². The van der Waals surface area contributed by atoms with Crippen molar-refractivity contribution in [3.8, 4) is 11.1 Å². The molecule has 1 amide bonds. The van der Waals surface area contributed by atoms with Crippen LogP contribution in [-0.4, -0.2) is 28.5 Å². The summed E-state index contributed by atoms with van der Waals surface area (Å²) in [6.45, 7) is 0.353. The fourth-order valence-electron chi connectivity index (χ4n) is 3.69. The largest absolute Gasteiger partial charge is 0.449 e. The Balaban J connectivity index is 1.64. The van der Waals surface area contributed by atoms with Crippen LogP contribution in [0.3, 0.4) is 0 Å². The zero-order chi connectivity index (χ0) is 24.2. The number of hydrogen-bond acceptors (Lipinski definition) is 7. The number of benzene rings is 1. The van der Waals surface area contributed by atoms with E-state index >= 15 is 0 Å². The number of carbonyl (C=O) groups is 1. The third-order valence-electron chi connectivity index (χ3n) is 5.50. The first-order valence-electron chi connectivity index (χ1n) is 10.4. The van der Waals surface area contributed by atoms with E-state index in [0.29, 0.717) is 18.6 Å². The Morgan fingerprint density at radius 2 is 2.00 bits per heavy atom. The SMILES string of the molecule is N/N=C(/c1cc(-c2ccc(C3CCOC(=O)N3)cc2)cnc1N)N(N)C1=CC=CCC(F)=C1F. The number of nitrogens with one attached hydrogen (secondary N) is 1. The molecule has 34 heavy (non-hydrogen) atoms. The second kappa shape index (κ2) is 9.71. The molecular weight excluding hydrogens is 444 g/mol. The zero-order valence-electron chi connectivity index (χ0n) is 18.0. The number of ether oxygens (including phenoxy) is 1. The molecule has 1 aliphatic heterocycles. The van der Waals surface area contributed by atoms with Gasteiger partial charge < -0.3 is 21.6 Å². The Labute approximate surface area is 194 Å². The van der Waals surface area contributed by atoms with Gasteiger partial charge in [-0.3, -0.25) is 5.01 Å². The summed E-state index contributed by atoms with van der Waals surface area (Å²) >= 11 is 0. The number of hydrazone groups is 1. The number of alkyl carbamates (subject to hydrolysis) is 1.